The van der Waals surface area contributed by atoms with Gasteiger partial charge in [0.05, 0.1) is 18.7 Å². The number of hydrogen-bond acceptors (Lipinski definition) is 3. The number of hydrogen-bond donors (Lipinski definition) is 0. The quantitative estimate of drug-likeness (QED) is 0.830. The molecule has 1 rings (SSSR count). The first-order valence-corrected chi connectivity index (χ1v) is 5.39. The van der Waals surface area contributed by atoms with Gasteiger partial charge in [0.25, 0.3) is 5.91 Å². The molecule has 0 fully saturated rings. The van der Waals surface area contributed by atoms with Crippen molar-refractivity contribution in [1.82, 2.24) is 4.90 Å². The molecule has 0 aromatic heterocycles. The van der Waals surface area contributed by atoms with Crippen LogP contribution in [0.15, 0.2) is 18.2 Å². The Kier molecular flexibility index (Phi) is 4.36. The zero-order valence-electron chi connectivity index (χ0n) is 9.90. The van der Waals surface area contributed by atoms with E-state index in [4.69, 9.17) is 21.6 Å². The van der Waals surface area contributed by atoms with Crippen LogP contribution in [-0.2, 0) is 0 Å². The molecule has 0 saturated heterocycles. The van der Waals surface area contributed by atoms with Crippen molar-refractivity contribution in [3.05, 3.63) is 28.8 Å². The van der Waals surface area contributed by atoms with Crippen molar-refractivity contribution in [2.45, 2.75) is 13.0 Å². The predicted octanol–water partition coefficient (Wildman–Crippen LogP) is 2.33. The Morgan fingerprint density at radius 3 is 2.76 bits per heavy atom. The summed E-state index contributed by atoms with van der Waals surface area (Å²) in [5.41, 5.74) is 0.390. The van der Waals surface area contributed by atoms with Gasteiger partial charge in [-0.2, -0.15) is 5.26 Å². The molecule has 0 bridgehead atoms. The summed E-state index contributed by atoms with van der Waals surface area (Å²) in [4.78, 5) is 13.4. The van der Waals surface area contributed by atoms with E-state index in [0.717, 1.165) is 0 Å². The minimum absolute atomic E-state index is 0.271. The Balaban J connectivity index is 3.09. The third-order valence-corrected chi connectivity index (χ3v) is 2.72. The van der Waals surface area contributed by atoms with E-state index in [1.165, 1.54) is 12.0 Å². The molecule has 0 saturated carbocycles. The van der Waals surface area contributed by atoms with Crippen LogP contribution in [0.25, 0.3) is 0 Å². The van der Waals surface area contributed by atoms with Gasteiger partial charge in [-0.25, -0.2) is 0 Å². The fraction of sp³-hybridized carbons (Fsp3) is 0.333. The fourth-order valence-electron chi connectivity index (χ4n) is 1.29. The minimum Gasteiger partial charge on any atom is -0.496 e. The molecule has 1 amide bonds. The van der Waals surface area contributed by atoms with Crippen LogP contribution in [0.4, 0.5) is 0 Å². The van der Waals surface area contributed by atoms with Gasteiger partial charge in [0, 0.05) is 12.1 Å². The third kappa shape index (κ3) is 2.89. The summed E-state index contributed by atoms with van der Waals surface area (Å²) in [6.45, 7) is 1.65. The summed E-state index contributed by atoms with van der Waals surface area (Å²) in [5.74, 6) is 0.132. The first-order valence-electron chi connectivity index (χ1n) is 5.01. The molecule has 0 radical (unpaired) electrons. The van der Waals surface area contributed by atoms with Crippen molar-refractivity contribution in [1.29, 1.82) is 5.26 Å². The molecule has 1 aromatic carbocycles. The molecule has 17 heavy (non-hydrogen) atoms. The standard InChI is InChI=1S/C12H13ClN2O2/c1-8(7-14)15(2)12(16)10-5-4-9(13)6-11(10)17-3/h4-6,8H,1-3H3. The number of ether oxygens (including phenoxy) is 1. The summed E-state index contributed by atoms with van der Waals surface area (Å²) in [5, 5.41) is 9.27. The van der Waals surface area contributed by atoms with Crippen molar-refractivity contribution in [2.75, 3.05) is 14.2 Å². The van der Waals surface area contributed by atoms with Gasteiger partial charge in [-0.15, -0.1) is 0 Å². The molecule has 1 aromatic rings. The van der Waals surface area contributed by atoms with Crippen molar-refractivity contribution in [3.8, 4) is 11.8 Å². The molecule has 1 unspecified atom stereocenters. The van der Waals surface area contributed by atoms with Crippen LogP contribution < -0.4 is 4.74 Å². The van der Waals surface area contributed by atoms with Gasteiger partial charge in [-0.3, -0.25) is 4.79 Å². The van der Waals surface area contributed by atoms with E-state index < -0.39 is 6.04 Å². The largest absolute Gasteiger partial charge is 0.496 e. The van der Waals surface area contributed by atoms with Crippen molar-refractivity contribution in [2.24, 2.45) is 0 Å². The Morgan fingerprint density at radius 1 is 1.59 bits per heavy atom. The average molecular weight is 253 g/mol. The number of methoxy groups -OCH3 is 1. The number of nitriles is 1. The molecule has 5 heteroatoms. The summed E-state index contributed by atoms with van der Waals surface area (Å²) >= 11 is 5.81. The average Bonchev–Trinajstić information content (AvgIpc) is 2.35. The summed E-state index contributed by atoms with van der Waals surface area (Å²) in [6.07, 6.45) is 0. The zero-order chi connectivity index (χ0) is 13.0. The maximum Gasteiger partial charge on any atom is 0.258 e. The predicted molar refractivity (Wildman–Crippen MR) is 65.2 cm³/mol. The van der Waals surface area contributed by atoms with Crippen LogP contribution in [-0.4, -0.2) is 31.0 Å². The number of halogens is 1. The molecule has 0 aliphatic rings. The van der Waals surface area contributed by atoms with E-state index in [-0.39, 0.29) is 5.91 Å². The molecule has 0 aliphatic carbocycles. The number of benzene rings is 1. The van der Waals surface area contributed by atoms with Gasteiger partial charge < -0.3 is 9.64 Å². The second kappa shape index (κ2) is 5.55. The van der Waals surface area contributed by atoms with E-state index in [1.807, 2.05) is 6.07 Å². The van der Waals surface area contributed by atoms with Gasteiger partial charge in [0.2, 0.25) is 0 Å². The van der Waals surface area contributed by atoms with E-state index in [9.17, 15) is 4.79 Å². The third-order valence-electron chi connectivity index (χ3n) is 2.48. The lowest BCUT2D eigenvalue weighted by Crippen LogP contribution is -2.34. The highest BCUT2D eigenvalue weighted by Gasteiger charge is 2.20. The number of rotatable bonds is 3. The molecule has 0 N–H and O–H groups in total. The van der Waals surface area contributed by atoms with E-state index >= 15 is 0 Å². The molecule has 1 atom stereocenters. The second-order valence-corrected chi connectivity index (χ2v) is 4.00. The van der Waals surface area contributed by atoms with Gasteiger partial charge in [0.15, 0.2) is 0 Å². The Morgan fingerprint density at radius 2 is 2.24 bits per heavy atom. The Labute approximate surface area is 105 Å². The topological polar surface area (TPSA) is 53.3 Å². The van der Waals surface area contributed by atoms with Gasteiger partial charge in [-0.1, -0.05) is 11.6 Å². The van der Waals surface area contributed by atoms with E-state index in [2.05, 4.69) is 0 Å². The van der Waals surface area contributed by atoms with Crippen LogP contribution >= 0.6 is 11.6 Å². The number of amides is 1. The van der Waals surface area contributed by atoms with Crippen LogP contribution in [0.1, 0.15) is 17.3 Å². The lowest BCUT2D eigenvalue weighted by Gasteiger charge is -2.20. The molecule has 0 aliphatic heterocycles. The maximum atomic E-state index is 12.1. The summed E-state index contributed by atoms with van der Waals surface area (Å²) < 4.78 is 5.10. The van der Waals surface area contributed by atoms with Crippen LogP contribution in [0.5, 0.6) is 5.75 Å². The molecular weight excluding hydrogens is 240 g/mol. The first-order chi connectivity index (χ1) is 8.01. The molecular formula is C12H13ClN2O2. The van der Waals surface area contributed by atoms with Crippen LogP contribution in [0, 0.1) is 11.3 Å². The minimum atomic E-state index is -0.497. The second-order valence-electron chi connectivity index (χ2n) is 3.57. The van der Waals surface area contributed by atoms with Crippen LogP contribution in [0.3, 0.4) is 0 Å². The monoisotopic (exact) mass is 252 g/mol. The normalized spacial score (nSPS) is 11.5. The van der Waals surface area contributed by atoms with Crippen molar-refractivity contribution >= 4 is 17.5 Å². The maximum absolute atomic E-state index is 12.1. The number of nitrogens with zero attached hydrogens (tertiary/aromatic N) is 2. The Bertz CT molecular complexity index is 468. The highest BCUT2D eigenvalue weighted by molar-refractivity contribution is 6.30. The number of carbonyl (C=O) groups is 1. The van der Waals surface area contributed by atoms with Gasteiger partial charge >= 0.3 is 0 Å². The summed E-state index contributed by atoms with van der Waals surface area (Å²) in [7, 11) is 3.04. The Hall–Kier alpha value is -1.73. The molecule has 90 valence electrons. The SMILES string of the molecule is COc1cc(Cl)ccc1C(=O)N(C)C(C)C#N. The summed E-state index contributed by atoms with van der Waals surface area (Å²) in [6, 6.07) is 6.27. The highest BCUT2D eigenvalue weighted by Crippen LogP contribution is 2.24. The van der Waals surface area contributed by atoms with Gasteiger partial charge in [-0.05, 0) is 25.1 Å². The molecule has 0 spiro atoms. The lowest BCUT2D eigenvalue weighted by atomic mass is 10.1. The van der Waals surface area contributed by atoms with E-state index in [0.29, 0.717) is 16.3 Å². The number of carbonyl (C=O) groups excluding carboxylic acids is 1. The molecule has 0 heterocycles. The lowest BCUT2D eigenvalue weighted by molar-refractivity contribution is 0.0770. The van der Waals surface area contributed by atoms with Crippen molar-refractivity contribution < 1.29 is 9.53 Å². The van der Waals surface area contributed by atoms with E-state index in [1.54, 1.807) is 32.2 Å². The van der Waals surface area contributed by atoms with Gasteiger partial charge in [0.1, 0.15) is 11.8 Å². The van der Waals surface area contributed by atoms with Crippen LogP contribution in [0.2, 0.25) is 5.02 Å². The van der Waals surface area contributed by atoms with Crippen molar-refractivity contribution in [3.63, 3.8) is 0 Å². The first kappa shape index (κ1) is 13.3. The smallest absolute Gasteiger partial charge is 0.258 e. The highest BCUT2D eigenvalue weighted by atomic mass is 35.5. The molecule has 4 nitrogen and oxygen atoms in total. The fourth-order valence-corrected chi connectivity index (χ4v) is 1.46. The zero-order valence-corrected chi connectivity index (χ0v) is 10.7.